The zero-order valence-electron chi connectivity index (χ0n) is 11.9. The van der Waals surface area contributed by atoms with Crippen LogP contribution in [0.15, 0.2) is 17.0 Å². The molecular formula is C14H17Cl2NO3S. The third-order valence-corrected chi connectivity index (χ3v) is 5.94. The number of hydrogen-bond acceptors (Lipinski definition) is 3. The SMILES string of the molecule is Cc1cc(C(=O)NCC2(C)CCC2)cc(S(=O)(=O)Cl)c1Cl. The highest BCUT2D eigenvalue weighted by Crippen LogP contribution is 2.39. The Morgan fingerprint density at radius 1 is 1.38 bits per heavy atom. The van der Waals surface area contributed by atoms with Crippen molar-refractivity contribution in [3.63, 3.8) is 0 Å². The predicted molar refractivity (Wildman–Crippen MR) is 83.5 cm³/mol. The number of aryl methyl sites for hydroxylation is 1. The van der Waals surface area contributed by atoms with Crippen LogP contribution in [0.2, 0.25) is 5.02 Å². The van der Waals surface area contributed by atoms with Crippen LogP contribution in [0.1, 0.15) is 42.1 Å². The van der Waals surface area contributed by atoms with Gasteiger partial charge in [0.15, 0.2) is 0 Å². The third kappa shape index (κ3) is 3.71. The van der Waals surface area contributed by atoms with Gasteiger partial charge in [-0.05, 0) is 42.9 Å². The van der Waals surface area contributed by atoms with Gasteiger partial charge in [0.05, 0.1) is 5.02 Å². The number of amides is 1. The molecule has 1 amide bonds. The van der Waals surface area contributed by atoms with Gasteiger partial charge in [0, 0.05) is 22.8 Å². The van der Waals surface area contributed by atoms with Crippen molar-refractivity contribution < 1.29 is 13.2 Å². The standard InChI is InChI=1S/C14H17Cl2NO3S/c1-9-6-10(7-11(12(9)15)21(16,19)20)13(18)17-8-14(2)4-3-5-14/h6-7H,3-5,8H2,1-2H3,(H,17,18). The molecule has 4 nitrogen and oxygen atoms in total. The fourth-order valence-corrected chi connectivity index (χ4v) is 3.94. The van der Waals surface area contributed by atoms with Crippen LogP contribution >= 0.6 is 22.3 Å². The van der Waals surface area contributed by atoms with E-state index in [-0.39, 0.29) is 26.8 Å². The van der Waals surface area contributed by atoms with E-state index in [0.29, 0.717) is 12.1 Å². The molecule has 0 spiro atoms. The predicted octanol–water partition coefficient (Wildman–Crippen LogP) is 3.50. The Kier molecular flexibility index (Phi) is 4.57. The van der Waals surface area contributed by atoms with Gasteiger partial charge in [-0.15, -0.1) is 0 Å². The molecule has 0 bridgehead atoms. The van der Waals surface area contributed by atoms with E-state index in [0.717, 1.165) is 12.8 Å². The van der Waals surface area contributed by atoms with E-state index in [2.05, 4.69) is 12.2 Å². The molecule has 2 rings (SSSR count). The summed E-state index contributed by atoms with van der Waals surface area (Å²) in [6, 6.07) is 2.78. The average Bonchev–Trinajstić information content (AvgIpc) is 2.35. The molecule has 0 saturated heterocycles. The summed E-state index contributed by atoms with van der Waals surface area (Å²) in [6.45, 7) is 4.34. The molecule has 1 aliphatic rings. The Hall–Kier alpha value is -0.780. The van der Waals surface area contributed by atoms with Gasteiger partial charge in [0.25, 0.3) is 15.0 Å². The van der Waals surface area contributed by atoms with Gasteiger partial charge in [-0.3, -0.25) is 4.79 Å². The summed E-state index contributed by atoms with van der Waals surface area (Å²) in [5.41, 5.74) is 0.899. The molecule has 1 aromatic carbocycles. The van der Waals surface area contributed by atoms with E-state index in [1.165, 1.54) is 12.5 Å². The summed E-state index contributed by atoms with van der Waals surface area (Å²) in [6.07, 6.45) is 3.36. The highest BCUT2D eigenvalue weighted by atomic mass is 35.7. The molecule has 0 unspecified atom stereocenters. The van der Waals surface area contributed by atoms with Crippen molar-refractivity contribution in [1.29, 1.82) is 0 Å². The largest absolute Gasteiger partial charge is 0.351 e. The number of carbonyl (C=O) groups is 1. The quantitative estimate of drug-likeness (QED) is 0.846. The second-order valence-corrected chi connectivity index (χ2v) is 8.80. The van der Waals surface area contributed by atoms with Gasteiger partial charge in [-0.1, -0.05) is 24.9 Å². The first kappa shape index (κ1) is 16.6. The fraction of sp³-hybridized carbons (Fsp3) is 0.500. The Labute approximate surface area is 134 Å². The van der Waals surface area contributed by atoms with Crippen LogP contribution in [-0.2, 0) is 9.05 Å². The Bertz CT molecular complexity index is 682. The minimum Gasteiger partial charge on any atom is -0.351 e. The molecule has 7 heteroatoms. The Morgan fingerprint density at radius 2 is 2.00 bits per heavy atom. The van der Waals surface area contributed by atoms with Crippen LogP contribution in [-0.4, -0.2) is 20.9 Å². The number of nitrogens with one attached hydrogen (secondary N) is 1. The zero-order valence-corrected chi connectivity index (χ0v) is 14.2. The number of hydrogen-bond donors (Lipinski definition) is 1. The van der Waals surface area contributed by atoms with E-state index < -0.39 is 9.05 Å². The van der Waals surface area contributed by atoms with E-state index in [9.17, 15) is 13.2 Å². The first-order chi connectivity index (χ1) is 9.62. The average molecular weight is 350 g/mol. The second kappa shape index (κ2) is 5.78. The normalized spacial score (nSPS) is 17.1. The van der Waals surface area contributed by atoms with Crippen LogP contribution in [0.5, 0.6) is 0 Å². The molecule has 21 heavy (non-hydrogen) atoms. The smallest absolute Gasteiger partial charge is 0.262 e. The lowest BCUT2D eigenvalue weighted by molar-refractivity contribution is 0.0890. The van der Waals surface area contributed by atoms with Gasteiger partial charge >= 0.3 is 0 Å². The summed E-state index contributed by atoms with van der Waals surface area (Å²) in [5.74, 6) is -0.315. The van der Waals surface area contributed by atoms with Crippen molar-refractivity contribution in [2.75, 3.05) is 6.54 Å². The van der Waals surface area contributed by atoms with E-state index in [4.69, 9.17) is 22.3 Å². The van der Waals surface area contributed by atoms with Crippen molar-refractivity contribution >= 4 is 37.2 Å². The molecule has 0 radical (unpaired) electrons. The molecule has 0 heterocycles. The van der Waals surface area contributed by atoms with Crippen LogP contribution in [0.25, 0.3) is 0 Å². The van der Waals surface area contributed by atoms with Gasteiger partial charge in [0.2, 0.25) is 0 Å². The van der Waals surface area contributed by atoms with Gasteiger partial charge in [-0.25, -0.2) is 8.42 Å². The van der Waals surface area contributed by atoms with E-state index in [1.54, 1.807) is 13.0 Å². The first-order valence-electron chi connectivity index (χ1n) is 6.65. The van der Waals surface area contributed by atoms with Crippen molar-refractivity contribution in [3.05, 3.63) is 28.3 Å². The van der Waals surface area contributed by atoms with Crippen molar-refractivity contribution in [2.24, 2.45) is 5.41 Å². The van der Waals surface area contributed by atoms with Crippen LogP contribution in [0.3, 0.4) is 0 Å². The fourth-order valence-electron chi connectivity index (χ4n) is 2.40. The lowest BCUT2D eigenvalue weighted by Gasteiger charge is -2.38. The molecular weight excluding hydrogens is 333 g/mol. The van der Waals surface area contributed by atoms with Crippen molar-refractivity contribution in [3.8, 4) is 0 Å². The molecule has 116 valence electrons. The first-order valence-corrected chi connectivity index (χ1v) is 9.34. The van der Waals surface area contributed by atoms with Crippen molar-refractivity contribution in [2.45, 2.75) is 38.0 Å². The molecule has 1 aliphatic carbocycles. The lowest BCUT2D eigenvalue weighted by atomic mass is 9.70. The zero-order chi connectivity index (χ0) is 15.8. The van der Waals surface area contributed by atoms with Crippen LogP contribution < -0.4 is 5.32 Å². The minimum atomic E-state index is -3.99. The van der Waals surface area contributed by atoms with Crippen LogP contribution in [0, 0.1) is 12.3 Å². The monoisotopic (exact) mass is 349 g/mol. The summed E-state index contributed by atoms with van der Waals surface area (Å²) < 4.78 is 23.0. The topological polar surface area (TPSA) is 63.2 Å². The molecule has 0 atom stereocenters. The molecule has 0 aliphatic heterocycles. The number of carbonyl (C=O) groups excluding carboxylic acids is 1. The van der Waals surface area contributed by atoms with Gasteiger partial charge in [0.1, 0.15) is 4.90 Å². The summed E-state index contributed by atoms with van der Waals surface area (Å²) in [4.78, 5) is 12.0. The van der Waals surface area contributed by atoms with E-state index in [1.807, 2.05) is 0 Å². The lowest BCUT2D eigenvalue weighted by Crippen LogP contribution is -2.40. The Morgan fingerprint density at radius 3 is 2.48 bits per heavy atom. The maximum Gasteiger partial charge on any atom is 0.262 e. The maximum absolute atomic E-state index is 12.2. The summed E-state index contributed by atoms with van der Waals surface area (Å²) in [5, 5.41) is 2.90. The molecule has 1 aromatic rings. The maximum atomic E-state index is 12.2. The number of benzene rings is 1. The summed E-state index contributed by atoms with van der Waals surface area (Å²) >= 11 is 5.94. The molecule has 0 aromatic heterocycles. The highest BCUT2D eigenvalue weighted by molar-refractivity contribution is 8.13. The Balaban J connectivity index is 2.23. The van der Waals surface area contributed by atoms with Crippen LogP contribution in [0.4, 0.5) is 0 Å². The number of rotatable bonds is 4. The van der Waals surface area contributed by atoms with Gasteiger partial charge < -0.3 is 5.32 Å². The van der Waals surface area contributed by atoms with Gasteiger partial charge in [-0.2, -0.15) is 0 Å². The van der Waals surface area contributed by atoms with E-state index >= 15 is 0 Å². The minimum absolute atomic E-state index is 0.0486. The summed E-state index contributed by atoms with van der Waals surface area (Å²) in [7, 11) is 1.36. The molecule has 1 saturated carbocycles. The highest BCUT2D eigenvalue weighted by Gasteiger charge is 2.32. The third-order valence-electron chi connectivity index (χ3n) is 3.98. The van der Waals surface area contributed by atoms with Crippen molar-refractivity contribution in [1.82, 2.24) is 5.32 Å². The molecule has 1 N–H and O–H groups in total. The second-order valence-electron chi connectivity index (χ2n) is 5.89. The molecule has 1 fully saturated rings. The number of halogens is 2.